The molecule has 0 spiro atoms. The smallest absolute Gasteiger partial charge is 0.408 e. The Morgan fingerprint density at radius 3 is 2.60 bits per heavy atom. The van der Waals surface area contributed by atoms with Crippen LogP contribution in [0, 0.1) is 0 Å². The summed E-state index contributed by atoms with van der Waals surface area (Å²) < 4.78 is 5.02. The van der Waals surface area contributed by atoms with E-state index < -0.39 is 6.09 Å². The Kier molecular flexibility index (Phi) is 3.99. The average molecular weight is 337 g/mol. The monoisotopic (exact) mass is 337 g/mol. The van der Waals surface area contributed by atoms with Crippen molar-refractivity contribution in [3.8, 4) is 17.1 Å². The Labute approximate surface area is 144 Å². The number of hydrogen-bond acceptors (Lipinski definition) is 5. The topological polar surface area (TPSA) is 96.3 Å². The third-order valence-corrected chi connectivity index (χ3v) is 4.31. The second-order valence-electron chi connectivity index (χ2n) is 5.94. The maximum Gasteiger partial charge on any atom is 0.410 e. The summed E-state index contributed by atoms with van der Waals surface area (Å²) in [6.07, 6.45) is -0.850. The molecule has 3 aromatic rings. The van der Waals surface area contributed by atoms with Crippen molar-refractivity contribution in [1.29, 1.82) is 0 Å². The van der Waals surface area contributed by atoms with E-state index in [0.717, 1.165) is 43.1 Å². The molecule has 1 amide bonds. The summed E-state index contributed by atoms with van der Waals surface area (Å²) in [5.74, 6) is 1.08. The van der Waals surface area contributed by atoms with Crippen molar-refractivity contribution in [3.05, 3.63) is 42.5 Å². The summed E-state index contributed by atoms with van der Waals surface area (Å²) in [7, 11) is 0. The van der Waals surface area contributed by atoms with Crippen LogP contribution in [0.5, 0.6) is 5.75 Å². The van der Waals surface area contributed by atoms with Gasteiger partial charge in [-0.1, -0.05) is 6.07 Å². The van der Waals surface area contributed by atoms with Crippen molar-refractivity contribution >= 4 is 22.8 Å². The van der Waals surface area contributed by atoms with Crippen LogP contribution in [-0.4, -0.2) is 42.2 Å². The lowest BCUT2D eigenvalue weighted by Crippen LogP contribution is -2.43. The molecule has 25 heavy (non-hydrogen) atoms. The number of para-hydroxylation sites is 1. The predicted molar refractivity (Wildman–Crippen MR) is 96.8 cm³/mol. The van der Waals surface area contributed by atoms with Crippen LogP contribution in [0.3, 0.4) is 0 Å². The van der Waals surface area contributed by atoms with Gasteiger partial charge < -0.3 is 25.7 Å². The van der Waals surface area contributed by atoms with Gasteiger partial charge in [0, 0.05) is 37.4 Å². The average Bonchev–Trinajstić information content (AvgIpc) is 3.08. The number of fused-ring (bicyclic) bond motifs is 1. The number of nitrogens with two attached hydrogens (primary N) is 1. The summed E-state index contributed by atoms with van der Waals surface area (Å²) in [6, 6.07) is 13.6. The van der Waals surface area contributed by atoms with Gasteiger partial charge >= 0.3 is 6.09 Å². The Bertz CT molecular complexity index is 897. The number of rotatable bonds is 3. The number of amides is 1. The first-order valence-electron chi connectivity index (χ1n) is 8.23. The van der Waals surface area contributed by atoms with E-state index >= 15 is 0 Å². The van der Waals surface area contributed by atoms with Gasteiger partial charge in [0.25, 0.3) is 0 Å². The molecule has 1 aromatic heterocycles. The largest absolute Gasteiger partial charge is 0.410 e. The van der Waals surface area contributed by atoms with E-state index in [0.29, 0.717) is 11.3 Å². The Balaban J connectivity index is 1.64. The van der Waals surface area contributed by atoms with Crippen LogP contribution in [0.25, 0.3) is 22.4 Å². The van der Waals surface area contributed by atoms with Gasteiger partial charge in [0.1, 0.15) is 11.3 Å². The fourth-order valence-corrected chi connectivity index (χ4v) is 3.09. The number of primary amides is 1. The molecule has 0 aliphatic carbocycles. The second kappa shape index (κ2) is 6.45. The molecule has 0 radical (unpaired) electrons. The minimum atomic E-state index is -0.850. The number of ether oxygens (including phenoxy) is 1. The lowest BCUT2D eigenvalue weighted by atomic mass is 10.1. The highest BCUT2D eigenvalue weighted by Gasteiger charge is 2.13. The van der Waals surface area contributed by atoms with Gasteiger partial charge in [-0.25, -0.2) is 9.78 Å². The Morgan fingerprint density at radius 2 is 1.88 bits per heavy atom. The van der Waals surface area contributed by atoms with Crippen molar-refractivity contribution in [1.82, 2.24) is 15.3 Å². The standard InChI is InChI=1S/C18H19N5O2/c19-18(24)25-15-3-1-2-14-16(15)22-17(21-14)12-4-6-13(7-5-12)23-10-8-20-9-11-23/h1-7,20H,8-11H2,(H2,19,24)(H,21,22). The minimum Gasteiger partial charge on any atom is -0.408 e. The van der Waals surface area contributed by atoms with E-state index in [-0.39, 0.29) is 0 Å². The molecule has 1 aliphatic heterocycles. The number of aromatic amines is 1. The zero-order valence-electron chi connectivity index (χ0n) is 13.7. The fraction of sp³-hybridized carbons (Fsp3) is 0.222. The van der Waals surface area contributed by atoms with Gasteiger partial charge in [0.05, 0.1) is 5.52 Å². The summed E-state index contributed by atoms with van der Waals surface area (Å²) in [5, 5.41) is 3.35. The number of anilines is 1. The van der Waals surface area contributed by atoms with E-state index in [9.17, 15) is 4.79 Å². The number of nitrogens with zero attached hydrogens (tertiary/aromatic N) is 2. The summed E-state index contributed by atoms with van der Waals surface area (Å²) in [5.41, 5.74) is 8.67. The maximum atomic E-state index is 11.0. The van der Waals surface area contributed by atoms with Crippen LogP contribution in [0.1, 0.15) is 0 Å². The third kappa shape index (κ3) is 3.14. The first-order chi connectivity index (χ1) is 12.2. The highest BCUT2D eigenvalue weighted by Crippen LogP contribution is 2.28. The second-order valence-corrected chi connectivity index (χ2v) is 5.94. The first kappa shape index (κ1) is 15.5. The molecule has 1 fully saturated rings. The lowest BCUT2D eigenvalue weighted by Gasteiger charge is -2.29. The molecule has 0 unspecified atom stereocenters. The molecule has 0 bridgehead atoms. The molecule has 2 heterocycles. The number of hydrogen-bond donors (Lipinski definition) is 3. The molecule has 4 N–H and O–H groups in total. The van der Waals surface area contributed by atoms with Crippen molar-refractivity contribution in [2.75, 3.05) is 31.1 Å². The zero-order valence-corrected chi connectivity index (χ0v) is 13.7. The highest BCUT2D eigenvalue weighted by atomic mass is 16.5. The van der Waals surface area contributed by atoms with E-state index in [2.05, 4.69) is 32.3 Å². The summed E-state index contributed by atoms with van der Waals surface area (Å²) >= 11 is 0. The molecule has 1 aliphatic rings. The van der Waals surface area contributed by atoms with E-state index in [4.69, 9.17) is 10.5 Å². The Hall–Kier alpha value is -3.06. The Morgan fingerprint density at radius 1 is 1.12 bits per heavy atom. The zero-order chi connectivity index (χ0) is 17.2. The van der Waals surface area contributed by atoms with Gasteiger partial charge in [-0.15, -0.1) is 0 Å². The third-order valence-electron chi connectivity index (χ3n) is 4.31. The number of piperazine rings is 1. The molecule has 0 saturated carbocycles. The number of carbonyl (C=O) groups excluding carboxylic acids is 1. The molecule has 7 nitrogen and oxygen atoms in total. The van der Waals surface area contributed by atoms with E-state index in [1.54, 1.807) is 12.1 Å². The molecule has 0 atom stereocenters. The number of imidazole rings is 1. The van der Waals surface area contributed by atoms with Gasteiger partial charge in [0.15, 0.2) is 5.75 Å². The number of carbonyl (C=O) groups is 1. The summed E-state index contributed by atoms with van der Waals surface area (Å²) in [6.45, 7) is 4.04. The normalized spacial score (nSPS) is 14.6. The van der Waals surface area contributed by atoms with Crippen LogP contribution < -0.4 is 20.7 Å². The molecule has 2 aromatic carbocycles. The number of nitrogens with one attached hydrogen (secondary N) is 2. The van der Waals surface area contributed by atoms with Gasteiger partial charge in [-0.3, -0.25) is 0 Å². The van der Waals surface area contributed by atoms with Gasteiger partial charge in [0.2, 0.25) is 0 Å². The number of H-pyrrole nitrogens is 1. The minimum absolute atomic E-state index is 0.352. The van der Waals surface area contributed by atoms with Crippen molar-refractivity contribution in [3.63, 3.8) is 0 Å². The van der Waals surface area contributed by atoms with Crippen LogP contribution in [-0.2, 0) is 0 Å². The van der Waals surface area contributed by atoms with Crippen LogP contribution in [0.15, 0.2) is 42.5 Å². The first-order valence-corrected chi connectivity index (χ1v) is 8.23. The van der Waals surface area contributed by atoms with Crippen molar-refractivity contribution in [2.24, 2.45) is 5.73 Å². The molecule has 128 valence electrons. The fourth-order valence-electron chi connectivity index (χ4n) is 3.09. The van der Waals surface area contributed by atoms with Crippen LogP contribution >= 0.6 is 0 Å². The molecular formula is C18H19N5O2. The number of benzene rings is 2. The molecular weight excluding hydrogens is 318 g/mol. The highest BCUT2D eigenvalue weighted by molar-refractivity contribution is 5.87. The van der Waals surface area contributed by atoms with Gasteiger partial charge in [-0.2, -0.15) is 0 Å². The lowest BCUT2D eigenvalue weighted by molar-refractivity contribution is 0.211. The van der Waals surface area contributed by atoms with Crippen molar-refractivity contribution < 1.29 is 9.53 Å². The van der Waals surface area contributed by atoms with Crippen LogP contribution in [0.2, 0.25) is 0 Å². The van der Waals surface area contributed by atoms with Crippen molar-refractivity contribution in [2.45, 2.75) is 0 Å². The van der Waals surface area contributed by atoms with Crippen LogP contribution in [0.4, 0.5) is 10.5 Å². The SMILES string of the molecule is NC(=O)Oc1cccc2[nH]c(-c3ccc(N4CCNCC4)cc3)nc12. The quantitative estimate of drug-likeness (QED) is 0.680. The predicted octanol–water partition coefficient (Wildman–Crippen LogP) is 2.10. The van der Waals surface area contributed by atoms with E-state index in [1.165, 1.54) is 5.69 Å². The van der Waals surface area contributed by atoms with E-state index in [1.807, 2.05) is 18.2 Å². The number of aromatic nitrogens is 2. The summed E-state index contributed by atoms with van der Waals surface area (Å²) in [4.78, 5) is 21.2. The molecule has 4 rings (SSSR count). The molecule has 1 saturated heterocycles. The maximum absolute atomic E-state index is 11.0. The van der Waals surface area contributed by atoms with Gasteiger partial charge in [-0.05, 0) is 36.4 Å². The molecule has 7 heteroatoms.